The summed E-state index contributed by atoms with van der Waals surface area (Å²) >= 11 is 0. The van der Waals surface area contributed by atoms with Gasteiger partial charge in [-0.2, -0.15) is 0 Å². The summed E-state index contributed by atoms with van der Waals surface area (Å²) in [6.07, 6.45) is 4.27. The fourth-order valence-electron chi connectivity index (χ4n) is 2.34. The number of nitrogens with two attached hydrogens (primary N) is 1. The highest BCUT2D eigenvalue weighted by atomic mass is 16.5. The molecule has 2 rings (SSSR count). The van der Waals surface area contributed by atoms with Crippen molar-refractivity contribution >= 4 is 11.7 Å². The molecule has 0 aliphatic carbocycles. The second-order valence-corrected chi connectivity index (χ2v) is 4.68. The SMILES string of the molecule is CC[C@@H]1OCCC[C@@H]1C(=O)NCc1nccc(N)n1. The minimum absolute atomic E-state index is 0.0116. The average Bonchev–Trinajstić information content (AvgIpc) is 2.45. The van der Waals surface area contributed by atoms with Crippen LogP contribution in [0.3, 0.4) is 0 Å². The summed E-state index contributed by atoms with van der Waals surface area (Å²) in [7, 11) is 0. The molecule has 0 aromatic carbocycles. The quantitative estimate of drug-likeness (QED) is 0.842. The molecule has 6 heteroatoms. The van der Waals surface area contributed by atoms with Gasteiger partial charge in [0.1, 0.15) is 11.6 Å². The number of hydrogen-bond donors (Lipinski definition) is 2. The van der Waals surface area contributed by atoms with Crippen LogP contribution in [0.5, 0.6) is 0 Å². The first-order valence-electron chi connectivity index (χ1n) is 6.67. The summed E-state index contributed by atoms with van der Waals surface area (Å²) in [4.78, 5) is 20.3. The first-order chi connectivity index (χ1) is 9.20. The lowest BCUT2D eigenvalue weighted by Gasteiger charge is -2.29. The number of ether oxygens (including phenoxy) is 1. The van der Waals surface area contributed by atoms with Crippen molar-refractivity contribution in [3.8, 4) is 0 Å². The Kier molecular flexibility index (Phi) is 4.68. The molecule has 0 spiro atoms. The van der Waals surface area contributed by atoms with Gasteiger partial charge >= 0.3 is 0 Å². The third-order valence-corrected chi connectivity index (χ3v) is 3.33. The second-order valence-electron chi connectivity index (χ2n) is 4.68. The molecule has 1 aliphatic rings. The van der Waals surface area contributed by atoms with E-state index in [1.807, 2.05) is 6.92 Å². The molecule has 6 nitrogen and oxygen atoms in total. The molecule has 0 bridgehead atoms. The molecule has 1 aliphatic heterocycles. The highest BCUT2D eigenvalue weighted by Gasteiger charge is 2.30. The van der Waals surface area contributed by atoms with Crippen molar-refractivity contribution in [2.24, 2.45) is 5.92 Å². The molecule has 2 atom stereocenters. The lowest BCUT2D eigenvalue weighted by Crippen LogP contribution is -2.41. The maximum atomic E-state index is 12.1. The number of anilines is 1. The van der Waals surface area contributed by atoms with Crippen molar-refractivity contribution < 1.29 is 9.53 Å². The van der Waals surface area contributed by atoms with E-state index in [-0.39, 0.29) is 17.9 Å². The first kappa shape index (κ1) is 13.7. The van der Waals surface area contributed by atoms with Crippen LogP contribution in [0.4, 0.5) is 5.82 Å². The Balaban J connectivity index is 1.89. The van der Waals surface area contributed by atoms with Crippen molar-refractivity contribution in [2.75, 3.05) is 12.3 Å². The molecule has 19 heavy (non-hydrogen) atoms. The van der Waals surface area contributed by atoms with Gasteiger partial charge in [-0.1, -0.05) is 6.92 Å². The molecule has 3 N–H and O–H groups in total. The minimum atomic E-state index is -0.0696. The Morgan fingerprint density at radius 1 is 1.63 bits per heavy atom. The fraction of sp³-hybridized carbons (Fsp3) is 0.615. The number of carbonyl (C=O) groups excluding carboxylic acids is 1. The Hall–Kier alpha value is -1.69. The van der Waals surface area contributed by atoms with Crippen LogP contribution in [-0.2, 0) is 16.1 Å². The number of nitrogens with one attached hydrogen (secondary N) is 1. The molecule has 104 valence electrons. The third kappa shape index (κ3) is 3.64. The van der Waals surface area contributed by atoms with Crippen LogP contribution in [0.25, 0.3) is 0 Å². The number of rotatable bonds is 4. The van der Waals surface area contributed by atoms with Gasteiger partial charge in [0.15, 0.2) is 0 Å². The fourth-order valence-corrected chi connectivity index (χ4v) is 2.34. The number of amides is 1. The highest BCUT2D eigenvalue weighted by Crippen LogP contribution is 2.23. The summed E-state index contributed by atoms with van der Waals surface area (Å²) in [5.41, 5.74) is 5.57. The Morgan fingerprint density at radius 2 is 2.47 bits per heavy atom. The van der Waals surface area contributed by atoms with Crippen molar-refractivity contribution in [1.29, 1.82) is 0 Å². The third-order valence-electron chi connectivity index (χ3n) is 3.33. The summed E-state index contributed by atoms with van der Waals surface area (Å²) in [6, 6.07) is 1.62. The van der Waals surface area contributed by atoms with Crippen LogP contribution in [0.1, 0.15) is 32.0 Å². The largest absolute Gasteiger partial charge is 0.384 e. The molecular weight excluding hydrogens is 244 g/mol. The molecule has 1 fully saturated rings. The summed E-state index contributed by atoms with van der Waals surface area (Å²) in [5.74, 6) is 0.877. The highest BCUT2D eigenvalue weighted by molar-refractivity contribution is 5.79. The number of nitrogen functional groups attached to an aromatic ring is 1. The van der Waals surface area contributed by atoms with Gasteiger partial charge in [0.25, 0.3) is 0 Å². The van der Waals surface area contributed by atoms with Gasteiger partial charge in [0, 0.05) is 12.8 Å². The van der Waals surface area contributed by atoms with E-state index in [0.717, 1.165) is 25.9 Å². The van der Waals surface area contributed by atoms with Gasteiger partial charge in [0.2, 0.25) is 5.91 Å². The summed E-state index contributed by atoms with van der Waals surface area (Å²) < 4.78 is 5.62. The van der Waals surface area contributed by atoms with E-state index in [1.165, 1.54) is 0 Å². The molecule has 0 unspecified atom stereocenters. The van der Waals surface area contributed by atoms with Crippen molar-refractivity contribution in [3.05, 3.63) is 18.1 Å². The lowest BCUT2D eigenvalue weighted by molar-refractivity contribution is -0.134. The Morgan fingerprint density at radius 3 is 3.21 bits per heavy atom. The van der Waals surface area contributed by atoms with Gasteiger partial charge in [0.05, 0.1) is 18.6 Å². The normalized spacial score (nSPS) is 23.0. The molecule has 0 saturated carbocycles. The first-order valence-corrected chi connectivity index (χ1v) is 6.67. The van der Waals surface area contributed by atoms with Crippen molar-refractivity contribution in [1.82, 2.24) is 15.3 Å². The van der Waals surface area contributed by atoms with Crippen LogP contribution in [-0.4, -0.2) is 28.6 Å². The zero-order valence-corrected chi connectivity index (χ0v) is 11.1. The number of hydrogen-bond acceptors (Lipinski definition) is 5. The van der Waals surface area contributed by atoms with Crippen molar-refractivity contribution in [3.63, 3.8) is 0 Å². The monoisotopic (exact) mass is 264 g/mol. The zero-order valence-electron chi connectivity index (χ0n) is 11.1. The number of carbonyl (C=O) groups is 1. The summed E-state index contributed by atoms with van der Waals surface area (Å²) in [6.45, 7) is 3.09. The smallest absolute Gasteiger partial charge is 0.226 e. The van der Waals surface area contributed by atoms with Crippen LogP contribution in [0, 0.1) is 5.92 Å². The van der Waals surface area contributed by atoms with Gasteiger partial charge in [-0.3, -0.25) is 4.79 Å². The van der Waals surface area contributed by atoms with Gasteiger partial charge in [-0.25, -0.2) is 9.97 Å². The summed E-state index contributed by atoms with van der Waals surface area (Å²) in [5, 5.41) is 2.86. The van der Waals surface area contributed by atoms with Crippen LogP contribution in [0.2, 0.25) is 0 Å². The van der Waals surface area contributed by atoms with E-state index >= 15 is 0 Å². The van der Waals surface area contributed by atoms with E-state index < -0.39 is 0 Å². The number of nitrogens with zero attached hydrogens (tertiary/aromatic N) is 2. The van der Waals surface area contributed by atoms with E-state index in [1.54, 1.807) is 12.3 Å². The average molecular weight is 264 g/mol. The maximum Gasteiger partial charge on any atom is 0.226 e. The van der Waals surface area contributed by atoms with E-state index in [4.69, 9.17) is 10.5 Å². The molecule has 1 aromatic heterocycles. The van der Waals surface area contributed by atoms with E-state index in [9.17, 15) is 4.79 Å². The van der Waals surface area contributed by atoms with Gasteiger partial charge in [-0.05, 0) is 25.3 Å². The predicted octanol–water partition coefficient (Wildman–Crippen LogP) is 0.880. The second kappa shape index (κ2) is 6.47. The Labute approximate surface area is 112 Å². The van der Waals surface area contributed by atoms with Gasteiger partial charge < -0.3 is 15.8 Å². The van der Waals surface area contributed by atoms with Crippen LogP contribution < -0.4 is 11.1 Å². The lowest BCUT2D eigenvalue weighted by atomic mass is 9.92. The molecule has 2 heterocycles. The molecule has 1 amide bonds. The van der Waals surface area contributed by atoms with Crippen molar-refractivity contribution in [2.45, 2.75) is 38.8 Å². The molecule has 0 radical (unpaired) electrons. The molecule has 1 aromatic rings. The molecular formula is C13H20N4O2. The molecule has 1 saturated heterocycles. The van der Waals surface area contributed by atoms with Crippen LogP contribution in [0.15, 0.2) is 12.3 Å². The number of aromatic nitrogens is 2. The van der Waals surface area contributed by atoms with E-state index in [2.05, 4.69) is 15.3 Å². The topological polar surface area (TPSA) is 90.1 Å². The zero-order chi connectivity index (χ0) is 13.7. The predicted molar refractivity (Wildman–Crippen MR) is 71.0 cm³/mol. The Bertz CT molecular complexity index is 438. The minimum Gasteiger partial charge on any atom is -0.384 e. The van der Waals surface area contributed by atoms with Gasteiger partial charge in [-0.15, -0.1) is 0 Å². The van der Waals surface area contributed by atoms with Crippen LogP contribution >= 0.6 is 0 Å². The van der Waals surface area contributed by atoms with E-state index in [0.29, 0.717) is 18.2 Å². The maximum absolute atomic E-state index is 12.1. The standard InChI is InChI=1S/C13H20N4O2/c1-2-10-9(4-3-7-19-10)13(18)16-8-12-15-6-5-11(14)17-12/h5-6,9-10H,2-4,7-8H2,1H3,(H,16,18)(H2,14,15,17)/t9-,10-/m0/s1.